The molecule has 2 rings (SSSR count). The fourth-order valence-electron chi connectivity index (χ4n) is 2.30. The maximum Gasteiger partial charge on any atom is 0.139 e. The van der Waals surface area contributed by atoms with Crippen LogP contribution in [0, 0.1) is 5.92 Å². The standard InChI is InChI=1S/C17H25N3/c1-15(2)7-6-10-18-11-13-20-14-12-19-17(20)16-8-4-3-5-9-16/h3-5,8-9,12,14-15,18H,6-7,10-11,13H2,1-2H3. The first kappa shape index (κ1) is 14.8. The molecule has 3 nitrogen and oxygen atoms in total. The largest absolute Gasteiger partial charge is 0.330 e. The van der Waals surface area contributed by atoms with Crippen LogP contribution in [0.1, 0.15) is 26.7 Å². The van der Waals surface area contributed by atoms with Gasteiger partial charge in [0.15, 0.2) is 0 Å². The van der Waals surface area contributed by atoms with E-state index in [1.807, 2.05) is 12.3 Å². The molecule has 1 aromatic carbocycles. The lowest BCUT2D eigenvalue weighted by atomic mass is 10.1. The minimum Gasteiger partial charge on any atom is -0.330 e. The van der Waals surface area contributed by atoms with E-state index in [0.717, 1.165) is 31.4 Å². The van der Waals surface area contributed by atoms with Gasteiger partial charge in [-0.25, -0.2) is 4.98 Å². The topological polar surface area (TPSA) is 29.9 Å². The van der Waals surface area contributed by atoms with Gasteiger partial charge in [0, 0.05) is 31.0 Å². The Morgan fingerprint density at radius 2 is 1.95 bits per heavy atom. The lowest BCUT2D eigenvalue weighted by Gasteiger charge is -2.09. The molecule has 0 unspecified atom stereocenters. The highest BCUT2D eigenvalue weighted by Gasteiger charge is 2.04. The minimum absolute atomic E-state index is 0.801. The maximum atomic E-state index is 4.46. The Balaban J connectivity index is 1.78. The molecule has 108 valence electrons. The third-order valence-electron chi connectivity index (χ3n) is 3.41. The van der Waals surface area contributed by atoms with Gasteiger partial charge in [-0.15, -0.1) is 0 Å². The fraction of sp³-hybridized carbons (Fsp3) is 0.471. The summed E-state index contributed by atoms with van der Waals surface area (Å²) < 4.78 is 2.21. The first-order chi connectivity index (χ1) is 9.77. The number of hydrogen-bond acceptors (Lipinski definition) is 2. The van der Waals surface area contributed by atoms with Crippen LogP contribution in [0.25, 0.3) is 11.4 Å². The molecule has 2 aromatic rings. The average Bonchev–Trinajstić information content (AvgIpc) is 2.92. The minimum atomic E-state index is 0.801. The molecular formula is C17H25N3. The van der Waals surface area contributed by atoms with Crippen LogP contribution < -0.4 is 5.32 Å². The monoisotopic (exact) mass is 271 g/mol. The van der Waals surface area contributed by atoms with E-state index >= 15 is 0 Å². The predicted octanol–water partition coefficient (Wildman–Crippen LogP) is 3.58. The average molecular weight is 271 g/mol. The molecule has 0 aliphatic carbocycles. The van der Waals surface area contributed by atoms with Crippen LogP contribution in [0.5, 0.6) is 0 Å². The molecule has 0 atom stereocenters. The van der Waals surface area contributed by atoms with Crippen molar-refractivity contribution < 1.29 is 0 Å². The van der Waals surface area contributed by atoms with Crippen molar-refractivity contribution in [1.82, 2.24) is 14.9 Å². The van der Waals surface area contributed by atoms with Crippen molar-refractivity contribution in [3.63, 3.8) is 0 Å². The van der Waals surface area contributed by atoms with E-state index in [0.29, 0.717) is 0 Å². The molecule has 1 N–H and O–H groups in total. The zero-order valence-electron chi connectivity index (χ0n) is 12.5. The number of nitrogens with zero attached hydrogens (tertiary/aromatic N) is 2. The summed E-state index contributed by atoms with van der Waals surface area (Å²) in [5.74, 6) is 1.85. The van der Waals surface area contributed by atoms with Gasteiger partial charge in [0.05, 0.1) is 0 Å². The molecule has 0 saturated carbocycles. The number of imidazole rings is 1. The highest BCUT2D eigenvalue weighted by atomic mass is 15.1. The van der Waals surface area contributed by atoms with Crippen molar-refractivity contribution in [1.29, 1.82) is 0 Å². The molecule has 0 radical (unpaired) electrons. The van der Waals surface area contributed by atoms with Crippen molar-refractivity contribution in [2.75, 3.05) is 13.1 Å². The van der Waals surface area contributed by atoms with Gasteiger partial charge < -0.3 is 9.88 Å². The molecular weight excluding hydrogens is 246 g/mol. The van der Waals surface area contributed by atoms with E-state index in [4.69, 9.17) is 0 Å². The maximum absolute atomic E-state index is 4.46. The summed E-state index contributed by atoms with van der Waals surface area (Å²) >= 11 is 0. The van der Waals surface area contributed by atoms with Crippen LogP contribution in [0.4, 0.5) is 0 Å². The number of benzene rings is 1. The van der Waals surface area contributed by atoms with Crippen molar-refractivity contribution in [3.8, 4) is 11.4 Å². The van der Waals surface area contributed by atoms with Crippen molar-refractivity contribution in [2.45, 2.75) is 33.2 Å². The summed E-state index contributed by atoms with van der Waals surface area (Å²) in [5.41, 5.74) is 1.18. The molecule has 1 aromatic heterocycles. The van der Waals surface area contributed by atoms with Crippen LogP contribution in [0.2, 0.25) is 0 Å². The van der Waals surface area contributed by atoms with Gasteiger partial charge in [0.2, 0.25) is 0 Å². The van der Waals surface area contributed by atoms with E-state index in [2.05, 4.69) is 59.2 Å². The second kappa shape index (κ2) is 7.85. The van der Waals surface area contributed by atoms with E-state index in [9.17, 15) is 0 Å². The Bertz CT molecular complexity index is 488. The summed E-state index contributed by atoms with van der Waals surface area (Å²) in [7, 11) is 0. The van der Waals surface area contributed by atoms with Gasteiger partial charge in [0.25, 0.3) is 0 Å². The quantitative estimate of drug-likeness (QED) is 0.744. The van der Waals surface area contributed by atoms with Crippen molar-refractivity contribution in [2.24, 2.45) is 5.92 Å². The fourth-order valence-corrected chi connectivity index (χ4v) is 2.30. The number of nitrogens with one attached hydrogen (secondary N) is 1. The number of hydrogen-bond donors (Lipinski definition) is 1. The lowest BCUT2D eigenvalue weighted by Crippen LogP contribution is -2.21. The van der Waals surface area contributed by atoms with E-state index in [1.165, 1.54) is 18.4 Å². The van der Waals surface area contributed by atoms with Gasteiger partial charge in [-0.2, -0.15) is 0 Å². The van der Waals surface area contributed by atoms with Crippen molar-refractivity contribution in [3.05, 3.63) is 42.7 Å². The molecule has 0 amide bonds. The van der Waals surface area contributed by atoms with Crippen LogP contribution in [-0.4, -0.2) is 22.6 Å². The van der Waals surface area contributed by atoms with Gasteiger partial charge in [0.1, 0.15) is 5.82 Å². The molecule has 1 heterocycles. The summed E-state index contributed by atoms with van der Waals surface area (Å²) in [4.78, 5) is 4.46. The zero-order valence-corrected chi connectivity index (χ0v) is 12.5. The molecule has 0 saturated heterocycles. The zero-order chi connectivity index (χ0) is 14.2. The molecule has 0 spiro atoms. The van der Waals surface area contributed by atoms with Gasteiger partial charge in [-0.05, 0) is 25.3 Å². The highest BCUT2D eigenvalue weighted by molar-refractivity contribution is 5.55. The summed E-state index contributed by atoms with van der Waals surface area (Å²) in [6.07, 6.45) is 6.49. The highest BCUT2D eigenvalue weighted by Crippen LogP contribution is 2.16. The van der Waals surface area contributed by atoms with Gasteiger partial charge in [-0.1, -0.05) is 44.2 Å². The third kappa shape index (κ3) is 4.49. The van der Waals surface area contributed by atoms with E-state index in [-0.39, 0.29) is 0 Å². The smallest absolute Gasteiger partial charge is 0.139 e. The van der Waals surface area contributed by atoms with Gasteiger partial charge in [-0.3, -0.25) is 0 Å². The third-order valence-corrected chi connectivity index (χ3v) is 3.41. The summed E-state index contributed by atoms with van der Waals surface area (Å²) in [6, 6.07) is 10.4. The Morgan fingerprint density at radius 3 is 2.70 bits per heavy atom. The first-order valence-electron chi connectivity index (χ1n) is 7.54. The Kier molecular flexibility index (Phi) is 5.81. The SMILES string of the molecule is CC(C)CCCNCCn1ccnc1-c1ccccc1. The molecule has 0 aliphatic rings. The number of rotatable bonds is 8. The van der Waals surface area contributed by atoms with Gasteiger partial charge >= 0.3 is 0 Å². The Labute approximate surface area is 122 Å². The normalized spacial score (nSPS) is 11.2. The van der Waals surface area contributed by atoms with E-state index < -0.39 is 0 Å². The summed E-state index contributed by atoms with van der Waals surface area (Å²) in [5, 5.41) is 3.51. The predicted molar refractivity (Wildman–Crippen MR) is 84.6 cm³/mol. The Morgan fingerprint density at radius 1 is 1.15 bits per heavy atom. The molecule has 0 fully saturated rings. The lowest BCUT2D eigenvalue weighted by molar-refractivity contribution is 0.516. The van der Waals surface area contributed by atoms with Crippen molar-refractivity contribution >= 4 is 0 Å². The number of aromatic nitrogens is 2. The first-order valence-corrected chi connectivity index (χ1v) is 7.54. The van der Waals surface area contributed by atoms with Crippen LogP contribution in [0.3, 0.4) is 0 Å². The van der Waals surface area contributed by atoms with Crippen LogP contribution in [0.15, 0.2) is 42.7 Å². The molecule has 3 heteroatoms. The molecule has 0 bridgehead atoms. The molecule has 20 heavy (non-hydrogen) atoms. The molecule has 0 aliphatic heterocycles. The second-order valence-corrected chi connectivity index (χ2v) is 5.60. The van der Waals surface area contributed by atoms with Crippen LogP contribution >= 0.6 is 0 Å². The second-order valence-electron chi connectivity index (χ2n) is 5.60. The summed E-state index contributed by atoms with van der Waals surface area (Å²) in [6.45, 7) is 7.61. The Hall–Kier alpha value is -1.61. The van der Waals surface area contributed by atoms with E-state index in [1.54, 1.807) is 0 Å². The van der Waals surface area contributed by atoms with Crippen LogP contribution in [-0.2, 0) is 6.54 Å².